The molecule has 0 radical (unpaired) electrons. The lowest BCUT2D eigenvalue weighted by atomic mass is 10.0. The van der Waals surface area contributed by atoms with Gasteiger partial charge in [-0.1, -0.05) is 41.4 Å². The third-order valence-electron chi connectivity index (χ3n) is 6.09. The maximum Gasteiger partial charge on any atom is 0.253 e. The number of benzene rings is 2. The zero-order chi connectivity index (χ0) is 23.5. The summed E-state index contributed by atoms with van der Waals surface area (Å²) < 4.78 is 1.79. The van der Waals surface area contributed by atoms with Gasteiger partial charge in [-0.05, 0) is 57.0 Å². The summed E-state index contributed by atoms with van der Waals surface area (Å²) in [6.45, 7) is 5.11. The van der Waals surface area contributed by atoms with Crippen molar-refractivity contribution in [2.45, 2.75) is 39.2 Å². The Hall–Kier alpha value is -2.83. The fraction of sp³-hybridized carbons (Fsp3) is 0.320. The van der Waals surface area contributed by atoms with Crippen molar-refractivity contribution in [1.29, 1.82) is 0 Å². The zero-order valence-corrected chi connectivity index (χ0v) is 20.2. The van der Waals surface area contributed by atoms with Crippen LogP contribution in [0.25, 0.3) is 5.69 Å². The van der Waals surface area contributed by atoms with Gasteiger partial charge in [-0.15, -0.1) is 0 Å². The molecule has 2 heterocycles. The largest absolute Gasteiger partial charge is 0.353 e. The van der Waals surface area contributed by atoms with Crippen LogP contribution in [0.2, 0.25) is 10.0 Å². The number of piperidine rings is 1. The van der Waals surface area contributed by atoms with Crippen LogP contribution in [0.5, 0.6) is 0 Å². The number of hydrogen-bond acceptors (Lipinski definition) is 3. The number of aromatic nitrogens is 2. The number of hydrogen-bond donors (Lipinski definition) is 1. The highest BCUT2D eigenvalue weighted by molar-refractivity contribution is 6.42. The fourth-order valence-corrected chi connectivity index (χ4v) is 4.52. The topological polar surface area (TPSA) is 67.2 Å². The number of aryl methyl sites for hydroxylation is 1. The Kier molecular flexibility index (Phi) is 7.05. The molecular formula is C25H26Cl2N4O2. The van der Waals surface area contributed by atoms with Crippen LogP contribution in [-0.2, 0) is 11.2 Å². The lowest BCUT2D eigenvalue weighted by molar-refractivity contribution is -0.121. The molecule has 0 aliphatic carbocycles. The van der Waals surface area contributed by atoms with Crippen molar-refractivity contribution in [3.63, 3.8) is 0 Å². The highest BCUT2D eigenvalue weighted by Gasteiger charge is 2.25. The van der Waals surface area contributed by atoms with Crippen LogP contribution in [0.4, 0.5) is 0 Å². The Bertz CT molecular complexity index is 1170. The quantitative estimate of drug-likeness (QED) is 0.567. The molecular weight excluding hydrogens is 459 g/mol. The first-order valence-corrected chi connectivity index (χ1v) is 11.7. The smallest absolute Gasteiger partial charge is 0.253 e. The van der Waals surface area contributed by atoms with Crippen LogP contribution < -0.4 is 5.32 Å². The maximum atomic E-state index is 12.8. The first-order valence-electron chi connectivity index (χ1n) is 11.0. The van der Waals surface area contributed by atoms with E-state index in [9.17, 15) is 9.59 Å². The average Bonchev–Trinajstić information content (AvgIpc) is 3.09. The molecule has 172 valence electrons. The van der Waals surface area contributed by atoms with Crippen LogP contribution >= 0.6 is 23.2 Å². The minimum Gasteiger partial charge on any atom is -0.353 e. The summed E-state index contributed by atoms with van der Waals surface area (Å²) in [5, 5.41) is 8.68. The van der Waals surface area contributed by atoms with E-state index in [0.29, 0.717) is 28.7 Å². The summed E-state index contributed by atoms with van der Waals surface area (Å²) in [4.78, 5) is 27.3. The van der Waals surface area contributed by atoms with Gasteiger partial charge < -0.3 is 10.2 Å². The van der Waals surface area contributed by atoms with Crippen molar-refractivity contribution in [3.05, 3.63) is 81.1 Å². The molecule has 6 nitrogen and oxygen atoms in total. The predicted octanol–water partition coefficient (Wildman–Crippen LogP) is 4.76. The molecule has 0 spiro atoms. The van der Waals surface area contributed by atoms with E-state index >= 15 is 0 Å². The monoisotopic (exact) mass is 484 g/mol. The summed E-state index contributed by atoms with van der Waals surface area (Å²) in [6, 6.07) is 14.7. The summed E-state index contributed by atoms with van der Waals surface area (Å²) in [7, 11) is 0. The average molecular weight is 485 g/mol. The van der Waals surface area contributed by atoms with Crippen molar-refractivity contribution in [2.24, 2.45) is 0 Å². The molecule has 1 N–H and O–H groups in total. The number of nitrogens with one attached hydrogen (secondary N) is 1. The molecule has 1 saturated heterocycles. The number of carbonyl (C=O) groups is 2. The fourth-order valence-electron chi connectivity index (χ4n) is 4.23. The Labute approximate surface area is 203 Å². The van der Waals surface area contributed by atoms with E-state index in [1.807, 2.05) is 55.1 Å². The molecule has 2 amide bonds. The summed E-state index contributed by atoms with van der Waals surface area (Å²) in [6.07, 6.45) is 1.73. The molecule has 1 fully saturated rings. The second kappa shape index (κ2) is 9.98. The Morgan fingerprint density at radius 2 is 1.73 bits per heavy atom. The van der Waals surface area contributed by atoms with Crippen LogP contribution in [0.3, 0.4) is 0 Å². The lowest BCUT2D eigenvalue weighted by Gasteiger charge is -2.32. The van der Waals surface area contributed by atoms with Gasteiger partial charge >= 0.3 is 0 Å². The van der Waals surface area contributed by atoms with Gasteiger partial charge in [-0.3, -0.25) is 9.59 Å². The van der Waals surface area contributed by atoms with E-state index in [4.69, 9.17) is 23.2 Å². The molecule has 0 bridgehead atoms. The number of halogens is 2. The Balaban J connectivity index is 1.35. The predicted molar refractivity (Wildman–Crippen MR) is 130 cm³/mol. The van der Waals surface area contributed by atoms with E-state index < -0.39 is 0 Å². The van der Waals surface area contributed by atoms with Crippen LogP contribution in [0.15, 0.2) is 48.5 Å². The third-order valence-corrected chi connectivity index (χ3v) is 6.83. The van der Waals surface area contributed by atoms with Crippen molar-refractivity contribution in [2.75, 3.05) is 13.1 Å². The first kappa shape index (κ1) is 23.3. The lowest BCUT2D eigenvalue weighted by Crippen LogP contribution is -2.46. The molecule has 0 atom stereocenters. The van der Waals surface area contributed by atoms with Crippen LogP contribution in [-0.4, -0.2) is 45.6 Å². The SMILES string of the molecule is Cc1nn(-c2ccc(Cl)c(Cl)c2)c(C)c1CC(=O)NC1CCN(C(=O)c2ccccc2)CC1. The normalized spacial score (nSPS) is 14.4. The van der Waals surface area contributed by atoms with Crippen molar-refractivity contribution >= 4 is 35.0 Å². The van der Waals surface area contributed by atoms with Crippen molar-refractivity contribution in [1.82, 2.24) is 20.0 Å². The molecule has 1 aromatic heterocycles. The minimum atomic E-state index is -0.0391. The summed E-state index contributed by atoms with van der Waals surface area (Å²) in [5.74, 6) is 0.00377. The molecule has 1 aliphatic heterocycles. The van der Waals surface area contributed by atoms with E-state index in [2.05, 4.69) is 10.4 Å². The van der Waals surface area contributed by atoms with Gasteiger partial charge in [0.2, 0.25) is 5.91 Å². The number of carbonyl (C=O) groups excluding carboxylic acids is 2. The highest BCUT2D eigenvalue weighted by atomic mass is 35.5. The molecule has 0 saturated carbocycles. The second-order valence-corrected chi connectivity index (χ2v) is 9.15. The highest BCUT2D eigenvalue weighted by Crippen LogP contribution is 2.26. The second-order valence-electron chi connectivity index (χ2n) is 8.34. The van der Waals surface area contributed by atoms with Crippen LogP contribution in [0.1, 0.15) is 40.2 Å². The summed E-state index contributed by atoms with van der Waals surface area (Å²) >= 11 is 12.2. The van der Waals surface area contributed by atoms with Crippen LogP contribution in [0, 0.1) is 13.8 Å². The van der Waals surface area contributed by atoms with Gasteiger partial charge in [0.15, 0.2) is 0 Å². The van der Waals surface area contributed by atoms with E-state index in [1.165, 1.54) is 0 Å². The summed E-state index contributed by atoms with van der Waals surface area (Å²) in [5.41, 5.74) is 4.09. The van der Waals surface area contributed by atoms with Gasteiger partial charge in [0.05, 0.1) is 27.8 Å². The molecule has 4 rings (SSSR count). The molecule has 2 aromatic carbocycles. The standard InChI is InChI=1S/C25H26Cl2N4O2/c1-16-21(17(2)31(29-16)20-8-9-22(26)23(27)14-20)15-24(32)28-19-10-12-30(13-11-19)25(33)18-6-4-3-5-7-18/h3-9,14,19H,10-13,15H2,1-2H3,(H,28,32). The number of nitrogens with zero attached hydrogens (tertiary/aromatic N) is 3. The van der Waals surface area contributed by atoms with Crippen molar-refractivity contribution in [3.8, 4) is 5.69 Å². The van der Waals surface area contributed by atoms with E-state index in [1.54, 1.807) is 16.8 Å². The zero-order valence-electron chi connectivity index (χ0n) is 18.6. The van der Waals surface area contributed by atoms with E-state index in [0.717, 1.165) is 35.5 Å². The molecule has 8 heteroatoms. The Morgan fingerprint density at radius 3 is 2.39 bits per heavy atom. The molecule has 33 heavy (non-hydrogen) atoms. The molecule has 3 aromatic rings. The first-order chi connectivity index (χ1) is 15.8. The minimum absolute atomic E-state index is 0.0391. The maximum absolute atomic E-state index is 12.8. The van der Waals surface area contributed by atoms with Gasteiger partial charge in [-0.2, -0.15) is 5.10 Å². The number of likely N-dealkylation sites (tertiary alicyclic amines) is 1. The van der Waals surface area contributed by atoms with Gasteiger partial charge in [0, 0.05) is 36.0 Å². The van der Waals surface area contributed by atoms with Gasteiger partial charge in [0.1, 0.15) is 0 Å². The third kappa shape index (κ3) is 5.23. The van der Waals surface area contributed by atoms with Crippen molar-refractivity contribution < 1.29 is 9.59 Å². The van der Waals surface area contributed by atoms with E-state index in [-0.39, 0.29) is 24.3 Å². The van der Waals surface area contributed by atoms with Gasteiger partial charge in [0.25, 0.3) is 5.91 Å². The number of rotatable bonds is 5. The molecule has 0 unspecified atom stereocenters. The Morgan fingerprint density at radius 1 is 1.03 bits per heavy atom. The molecule has 1 aliphatic rings. The van der Waals surface area contributed by atoms with Gasteiger partial charge in [-0.25, -0.2) is 4.68 Å². The number of amides is 2.